The Labute approximate surface area is 193 Å². The summed E-state index contributed by atoms with van der Waals surface area (Å²) in [5.74, 6) is 0.0543. The molecule has 33 heavy (non-hydrogen) atoms. The van der Waals surface area contributed by atoms with Crippen molar-refractivity contribution in [1.82, 2.24) is 4.98 Å². The predicted molar refractivity (Wildman–Crippen MR) is 123 cm³/mol. The highest BCUT2D eigenvalue weighted by molar-refractivity contribution is 5.68. The number of aliphatic carboxylic acids is 1. The molecule has 1 unspecified atom stereocenters. The van der Waals surface area contributed by atoms with E-state index in [1.165, 1.54) is 0 Å². The van der Waals surface area contributed by atoms with Gasteiger partial charge in [-0.2, -0.15) is 5.26 Å². The first-order valence-electron chi connectivity index (χ1n) is 10.6. The summed E-state index contributed by atoms with van der Waals surface area (Å²) in [7, 11) is 0. The highest BCUT2D eigenvalue weighted by Gasteiger charge is 2.17. The summed E-state index contributed by atoms with van der Waals surface area (Å²) in [6.07, 6.45) is -0.449. The lowest BCUT2D eigenvalue weighted by atomic mass is 10.0. The highest BCUT2D eigenvalue weighted by Crippen LogP contribution is 2.29. The van der Waals surface area contributed by atoms with Gasteiger partial charge in [0.2, 0.25) is 0 Å². The van der Waals surface area contributed by atoms with E-state index in [0.29, 0.717) is 36.0 Å². The zero-order chi connectivity index (χ0) is 23.8. The molecule has 0 aliphatic carbocycles. The Kier molecular flexibility index (Phi) is 8.01. The Bertz CT molecular complexity index is 1170. The maximum atomic E-state index is 10.7. The van der Waals surface area contributed by atoms with Crippen LogP contribution >= 0.6 is 0 Å². The van der Waals surface area contributed by atoms with E-state index in [1.54, 1.807) is 24.3 Å². The minimum Gasteiger partial charge on any atom is -0.482 e. The van der Waals surface area contributed by atoms with E-state index in [0.717, 1.165) is 22.4 Å². The van der Waals surface area contributed by atoms with Crippen LogP contribution in [0.5, 0.6) is 11.5 Å². The molecule has 0 bridgehead atoms. The molecule has 1 aromatic heterocycles. The van der Waals surface area contributed by atoms with Crippen LogP contribution in [0.15, 0.2) is 54.6 Å². The molecule has 0 fully saturated rings. The Morgan fingerprint density at radius 3 is 2.61 bits per heavy atom. The topological polar surface area (TPSA) is 102 Å². The van der Waals surface area contributed by atoms with Crippen molar-refractivity contribution in [3.8, 4) is 28.8 Å². The van der Waals surface area contributed by atoms with Gasteiger partial charge in [-0.05, 0) is 74.4 Å². The second-order valence-electron chi connectivity index (χ2n) is 7.46. The molecule has 0 spiro atoms. The van der Waals surface area contributed by atoms with Gasteiger partial charge in [-0.15, -0.1) is 0 Å². The molecule has 0 saturated carbocycles. The van der Waals surface area contributed by atoms with Gasteiger partial charge < -0.3 is 19.3 Å². The third kappa shape index (κ3) is 6.31. The molecule has 1 N–H and O–H groups in total. The number of carbonyl (C=O) groups is 1. The third-order valence-corrected chi connectivity index (χ3v) is 4.99. The molecule has 1 atom stereocenters. The summed E-state index contributed by atoms with van der Waals surface area (Å²) in [6, 6.07) is 18.8. The van der Waals surface area contributed by atoms with Gasteiger partial charge in [0.15, 0.2) is 12.7 Å². The number of pyridine rings is 1. The quantitative estimate of drug-likeness (QED) is 0.475. The lowest BCUT2D eigenvalue weighted by molar-refractivity contribution is -0.139. The molecule has 3 rings (SSSR count). The van der Waals surface area contributed by atoms with Crippen molar-refractivity contribution in [2.45, 2.75) is 26.9 Å². The molecule has 7 nitrogen and oxygen atoms in total. The normalized spacial score (nSPS) is 11.5. The number of hydrogen-bond acceptors (Lipinski definition) is 6. The molecular formula is C26H26N2O5. The standard InChI is InChI=1S/C26H26N2O5/c1-4-31-15-25(33-21-10-11-24(18(3)13-21)32-16-26(29)30)23-7-5-6-22(28-23)19-8-9-20(14-27)17(2)12-19/h5-13,25H,4,15-16H2,1-3H3,(H,29,30). The predicted octanol–water partition coefficient (Wildman–Crippen LogP) is 4.86. The maximum absolute atomic E-state index is 10.7. The Balaban J connectivity index is 1.85. The van der Waals surface area contributed by atoms with Crippen LogP contribution in [0.4, 0.5) is 0 Å². The summed E-state index contributed by atoms with van der Waals surface area (Å²) in [6.45, 7) is 6.09. The summed E-state index contributed by atoms with van der Waals surface area (Å²) in [5.41, 5.74) is 4.70. The summed E-state index contributed by atoms with van der Waals surface area (Å²) < 4.78 is 17.1. The molecule has 0 aliphatic rings. The molecular weight excluding hydrogens is 420 g/mol. The van der Waals surface area contributed by atoms with E-state index in [2.05, 4.69) is 6.07 Å². The van der Waals surface area contributed by atoms with Crippen molar-refractivity contribution in [1.29, 1.82) is 5.26 Å². The molecule has 0 amide bonds. The fourth-order valence-corrected chi connectivity index (χ4v) is 3.31. The van der Waals surface area contributed by atoms with Crippen LogP contribution in [-0.2, 0) is 9.53 Å². The number of carboxylic acid groups (broad SMARTS) is 1. The first-order chi connectivity index (χ1) is 15.9. The SMILES string of the molecule is CCOCC(Oc1ccc(OCC(=O)O)c(C)c1)c1cccc(-c2ccc(C#N)c(C)c2)n1. The molecule has 3 aromatic rings. The van der Waals surface area contributed by atoms with Crippen molar-refractivity contribution >= 4 is 5.97 Å². The maximum Gasteiger partial charge on any atom is 0.341 e. The Morgan fingerprint density at radius 1 is 1.12 bits per heavy atom. The second-order valence-corrected chi connectivity index (χ2v) is 7.46. The smallest absolute Gasteiger partial charge is 0.341 e. The lowest BCUT2D eigenvalue weighted by Gasteiger charge is -2.20. The number of carboxylic acids is 1. The summed E-state index contributed by atoms with van der Waals surface area (Å²) >= 11 is 0. The van der Waals surface area contributed by atoms with Gasteiger partial charge in [-0.1, -0.05) is 12.1 Å². The third-order valence-electron chi connectivity index (χ3n) is 4.99. The van der Waals surface area contributed by atoms with Crippen LogP contribution < -0.4 is 9.47 Å². The summed E-state index contributed by atoms with van der Waals surface area (Å²) in [4.78, 5) is 15.5. The van der Waals surface area contributed by atoms with Crippen LogP contribution in [0.2, 0.25) is 0 Å². The van der Waals surface area contributed by atoms with Gasteiger partial charge in [0, 0.05) is 12.2 Å². The van der Waals surface area contributed by atoms with Gasteiger partial charge in [-0.25, -0.2) is 9.78 Å². The minimum absolute atomic E-state index is 0.315. The molecule has 0 radical (unpaired) electrons. The molecule has 0 aliphatic heterocycles. The monoisotopic (exact) mass is 446 g/mol. The highest BCUT2D eigenvalue weighted by atomic mass is 16.5. The molecule has 7 heteroatoms. The average Bonchev–Trinajstić information content (AvgIpc) is 2.81. The Hall–Kier alpha value is -3.89. The van der Waals surface area contributed by atoms with Crippen LogP contribution in [0.1, 0.15) is 35.4 Å². The van der Waals surface area contributed by atoms with E-state index < -0.39 is 18.7 Å². The minimum atomic E-state index is -1.03. The largest absolute Gasteiger partial charge is 0.482 e. The van der Waals surface area contributed by atoms with E-state index >= 15 is 0 Å². The number of aromatic nitrogens is 1. The fourth-order valence-electron chi connectivity index (χ4n) is 3.31. The second kappa shape index (κ2) is 11.1. The zero-order valence-corrected chi connectivity index (χ0v) is 18.9. The fraction of sp³-hybridized carbons (Fsp3) is 0.269. The number of hydrogen-bond donors (Lipinski definition) is 1. The molecule has 2 aromatic carbocycles. The van der Waals surface area contributed by atoms with E-state index in [1.807, 2.05) is 51.1 Å². The number of nitrogens with zero attached hydrogens (tertiary/aromatic N) is 2. The van der Waals surface area contributed by atoms with Crippen LogP contribution in [0.3, 0.4) is 0 Å². The van der Waals surface area contributed by atoms with Gasteiger partial charge in [0.05, 0.1) is 29.6 Å². The van der Waals surface area contributed by atoms with Gasteiger partial charge >= 0.3 is 5.97 Å². The first-order valence-corrected chi connectivity index (χ1v) is 10.6. The number of ether oxygens (including phenoxy) is 3. The number of aryl methyl sites for hydroxylation is 2. The van der Waals surface area contributed by atoms with Crippen LogP contribution in [0.25, 0.3) is 11.3 Å². The van der Waals surface area contributed by atoms with Crippen molar-refractivity contribution in [2.24, 2.45) is 0 Å². The van der Waals surface area contributed by atoms with Gasteiger partial charge in [0.25, 0.3) is 0 Å². The van der Waals surface area contributed by atoms with E-state index in [4.69, 9.17) is 24.3 Å². The van der Waals surface area contributed by atoms with Crippen molar-refractivity contribution in [3.05, 3.63) is 77.0 Å². The number of benzene rings is 2. The van der Waals surface area contributed by atoms with E-state index in [9.17, 15) is 10.1 Å². The Morgan fingerprint density at radius 2 is 1.94 bits per heavy atom. The van der Waals surface area contributed by atoms with Crippen molar-refractivity contribution in [2.75, 3.05) is 19.8 Å². The molecule has 0 saturated heterocycles. The van der Waals surface area contributed by atoms with Gasteiger partial charge in [-0.3, -0.25) is 0 Å². The lowest BCUT2D eigenvalue weighted by Crippen LogP contribution is -2.16. The zero-order valence-electron chi connectivity index (χ0n) is 18.9. The van der Waals surface area contributed by atoms with E-state index in [-0.39, 0.29) is 0 Å². The molecule has 170 valence electrons. The first kappa shape index (κ1) is 23.8. The van der Waals surface area contributed by atoms with Crippen molar-refractivity contribution < 1.29 is 24.1 Å². The van der Waals surface area contributed by atoms with Crippen molar-refractivity contribution in [3.63, 3.8) is 0 Å². The summed E-state index contributed by atoms with van der Waals surface area (Å²) in [5, 5.41) is 18.0. The average molecular weight is 447 g/mol. The number of nitriles is 1. The van der Waals surface area contributed by atoms with Crippen LogP contribution in [0, 0.1) is 25.2 Å². The molecule has 1 heterocycles. The van der Waals surface area contributed by atoms with Gasteiger partial charge in [0.1, 0.15) is 11.5 Å². The van der Waals surface area contributed by atoms with Crippen LogP contribution in [-0.4, -0.2) is 35.9 Å². The number of rotatable bonds is 10.